The summed E-state index contributed by atoms with van der Waals surface area (Å²) in [6.07, 6.45) is 3.61. The van der Waals surface area contributed by atoms with Crippen LogP contribution >= 0.6 is 12.4 Å². The highest BCUT2D eigenvalue weighted by Crippen LogP contribution is 2.36. The lowest BCUT2D eigenvalue weighted by Crippen LogP contribution is -2.38. The van der Waals surface area contributed by atoms with Gasteiger partial charge in [-0.3, -0.25) is 4.90 Å². The third kappa shape index (κ3) is 3.13. The summed E-state index contributed by atoms with van der Waals surface area (Å²) in [6.45, 7) is 2.72. The summed E-state index contributed by atoms with van der Waals surface area (Å²) in [5.41, 5.74) is 7.02. The molecule has 1 saturated carbocycles. The number of hydrogen-bond acceptors (Lipinski definition) is 2. The number of nitrogens with zero attached hydrogens (tertiary/aromatic N) is 1. The van der Waals surface area contributed by atoms with Crippen molar-refractivity contribution < 1.29 is 8.78 Å². The van der Waals surface area contributed by atoms with Crippen molar-refractivity contribution in [3.8, 4) is 0 Å². The number of halogens is 3. The van der Waals surface area contributed by atoms with Gasteiger partial charge in [0.2, 0.25) is 0 Å². The van der Waals surface area contributed by atoms with Gasteiger partial charge >= 0.3 is 0 Å². The third-order valence-corrected chi connectivity index (χ3v) is 4.62. The molecular formula is C15H21ClF2N2. The molecule has 2 aliphatic rings. The summed E-state index contributed by atoms with van der Waals surface area (Å²) in [7, 11) is 0. The van der Waals surface area contributed by atoms with Crippen molar-refractivity contribution in [2.75, 3.05) is 13.1 Å². The molecule has 2 fully saturated rings. The van der Waals surface area contributed by atoms with Crippen molar-refractivity contribution >= 4 is 12.4 Å². The van der Waals surface area contributed by atoms with E-state index in [1.54, 1.807) is 6.07 Å². The Labute approximate surface area is 124 Å². The second-order valence-corrected chi connectivity index (χ2v) is 5.96. The first-order valence-corrected chi connectivity index (χ1v) is 7.05. The van der Waals surface area contributed by atoms with Crippen molar-refractivity contribution in [2.45, 2.75) is 31.8 Å². The van der Waals surface area contributed by atoms with Crippen molar-refractivity contribution in [3.05, 3.63) is 35.4 Å². The molecule has 0 aromatic heterocycles. The quantitative estimate of drug-likeness (QED) is 0.910. The highest BCUT2D eigenvalue weighted by atomic mass is 35.5. The molecule has 20 heavy (non-hydrogen) atoms. The van der Waals surface area contributed by atoms with E-state index in [4.69, 9.17) is 5.73 Å². The number of hydrogen-bond donors (Lipinski definition) is 1. The number of likely N-dealkylation sites (tertiary alicyclic amines) is 1. The predicted molar refractivity (Wildman–Crippen MR) is 77.7 cm³/mol. The van der Waals surface area contributed by atoms with E-state index < -0.39 is 11.6 Å². The minimum atomic E-state index is -0.777. The molecule has 1 saturated heterocycles. The molecule has 1 aromatic rings. The average Bonchev–Trinajstić information content (AvgIpc) is 2.78. The summed E-state index contributed by atoms with van der Waals surface area (Å²) in [4.78, 5) is 2.33. The van der Waals surface area contributed by atoms with Crippen LogP contribution in [0.5, 0.6) is 0 Å². The van der Waals surface area contributed by atoms with Crippen LogP contribution < -0.4 is 5.73 Å². The molecule has 1 aliphatic carbocycles. The van der Waals surface area contributed by atoms with Gasteiger partial charge in [-0.15, -0.1) is 12.4 Å². The standard InChI is InChI=1S/C15H20F2N2.ClH/c16-13-5-4-10(6-14(13)17)7-19-8-11-2-1-3-15(18)12(11)9-19;/h4-6,11-12,15H,1-3,7-9,18H2;1H. The fourth-order valence-electron chi connectivity index (χ4n) is 3.63. The highest BCUT2D eigenvalue weighted by molar-refractivity contribution is 5.85. The van der Waals surface area contributed by atoms with Gasteiger partial charge in [0.15, 0.2) is 11.6 Å². The summed E-state index contributed by atoms with van der Waals surface area (Å²) >= 11 is 0. The van der Waals surface area contributed by atoms with Gasteiger partial charge in [0.25, 0.3) is 0 Å². The third-order valence-electron chi connectivity index (χ3n) is 4.62. The Morgan fingerprint density at radius 2 is 1.95 bits per heavy atom. The van der Waals surface area contributed by atoms with E-state index in [0.29, 0.717) is 24.4 Å². The molecule has 3 atom stereocenters. The van der Waals surface area contributed by atoms with Gasteiger partial charge in [0.1, 0.15) is 0 Å². The van der Waals surface area contributed by atoms with E-state index in [-0.39, 0.29) is 12.4 Å². The first-order chi connectivity index (χ1) is 9.13. The van der Waals surface area contributed by atoms with Gasteiger partial charge in [-0.25, -0.2) is 8.78 Å². The molecule has 0 spiro atoms. The molecule has 1 aliphatic heterocycles. The van der Waals surface area contributed by atoms with Crippen molar-refractivity contribution in [3.63, 3.8) is 0 Å². The molecule has 2 nitrogen and oxygen atoms in total. The van der Waals surface area contributed by atoms with Gasteiger partial charge in [0.05, 0.1) is 0 Å². The first kappa shape index (κ1) is 15.7. The summed E-state index contributed by atoms with van der Waals surface area (Å²) in [6, 6.07) is 4.49. The average molecular weight is 303 g/mol. The van der Waals surface area contributed by atoms with Gasteiger partial charge in [-0.1, -0.05) is 12.5 Å². The topological polar surface area (TPSA) is 29.3 Å². The van der Waals surface area contributed by atoms with E-state index in [1.165, 1.54) is 25.0 Å². The zero-order chi connectivity index (χ0) is 13.4. The molecule has 0 bridgehead atoms. The highest BCUT2D eigenvalue weighted by Gasteiger charge is 2.38. The van der Waals surface area contributed by atoms with E-state index in [2.05, 4.69) is 4.90 Å². The number of benzene rings is 1. The van der Waals surface area contributed by atoms with Crippen LogP contribution in [-0.2, 0) is 6.54 Å². The smallest absolute Gasteiger partial charge is 0.159 e. The van der Waals surface area contributed by atoms with Gasteiger partial charge < -0.3 is 5.73 Å². The molecule has 5 heteroatoms. The lowest BCUT2D eigenvalue weighted by molar-refractivity contribution is 0.259. The zero-order valence-electron chi connectivity index (χ0n) is 11.4. The largest absolute Gasteiger partial charge is 0.327 e. The van der Waals surface area contributed by atoms with Crippen molar-refractivity contribution in [1.82, 2.24) is 4.90 Å². The Balaban J connectivity index is 0.00000147. The minimum absolute atomic E-state index is 0. The molecule has 0 radical (unpaired) electrons. The SMILES string of the molecule is Cl.NC1CCCC2CN(Cc3ccc(F)c(F)c3)CC12. The van der Waals surface area contributed by atoms with Crippen LogP contribution in [0.1, 0.15) is 24.8 Å². The number of fused-ring (bicyclic) bond motifs is 1. The van der Waals surface area contributed by atoms with Crippen LogP contribution in [0, 0.1) is 23.5 Å². The fourth-order valence-corrected chi connectivity index (χ4v) is 3.63. The van der Waals surface area contributed by atoms with E-state index >= 15 is 0 Å². The monoisotopic (exact) mass is 302 g/mol. The second-order valence-electron chi connectivity index (χ2n) is 5.96. The summed E-state index contributed by atoms with van der Waals surface area (Å²) < 4.78 is 26.1. The Bertz CT molecular complexity index is 469. The predicted octanol–water partition coefficient (Wildman–Crippen LogP) is 2.95. The van der Waals surface area contributed by atoms with Gasteiger partial charge in [-0.2, -0.15) is 0 Å². The Hall–Kier alpha value is -0.710. The molecule has 3 rings (SSSR count). The summed E-state index contributed by atoms with van der Waals surface area (Å²) in [5, 5.41) is 0. The molecule has 3 unspecified atom stereocenters. The van der Waals surface area contributed by atoms with E-state index in [0.717, 1.165) is 25.1 Å². The van der Waals surface area contributed by atoms with Crippen molar-refractivity contribution in [1.29, 1.82) is 0 Å². The number of nitrogens with two attached hydrogens (primary N) is 1. The minimum Gasteiger partial charge on any atom is -0.327 e. The summed E-state index contributed by atoms with van der Waals surface area (Å²) in [5.74, 6) is -0.264. The van der Waals surface area contributed by atoms with Crippen LogP contribution in [0.3, 0.4) is 0 Å². The van der Waals surface area contributed by atoms with Crippen LogP contribution in [0.4, 0.5) is 8.78 Å². The Morgan fingerprint density at radius 3 is 2.65 bits per heavy atom. The zero-order valence-corrected chi connectivity index (χ0v) is 12.2. The molecule has 0 amide bonds. The lowest BCUT2D eigenvalue weighted by Gasteiger charge is -2.29. The van der Waals surface area contributed by atoms with Crippen LogP contribution in [0.15, 0.2) is 18.2 Å². The van der Waals surface area contributed by atoms with E-state index in [1.807, 2.05) is 0 Å². The maximum absolute atomic E-state index is 13.2. The van der Waals surface area contributed by atoms with Crippen LogP contribution in [0.25, 0.3) is 0 Å². The van der Waals surface area contributed by atoms with Gasteiger partial charge in [0, 0.05) is 25.7 Å². The maximum atomic E-state index is 13.2. The van der Waals surface area contributed by atoms with E-state index in [9.17, 15) is 8.78 Å². The van der Waals surface area contributed by atoms with Crippen molar-refractivity contribution in [2.24, 2.45) is 17.6 Å². The second kappa shape index (κ2) is 6.37. The molecular weight excluding hydrogens is 282 g/mol. The van der Waals surface area contributed by atoms with Gasteiger partial charge in [-0.05, 0) is 42.4 Å². The maximum Gasteiger partial charge on any atom is 0.159 e. The first-order valence-electron chi connectivity index (χ1n) is 7.05. The normalized spacial score (nSPS) is 29.9. The number of rotatable bonds is 2. The lowest BCUT2D eigenvalue weighted by atomic mass is 9.78. The Kier molecular flexibility index (Phi) is 4.99. The van der Waals surface area contributed by atoms with Crippen LogP contribution in [0.2, 0.25) is 0 Å². The Morgan fingerprint density at radius 1 is 1.15 bits per heavy atom. The molecule has 2 N–H and O–H groups in total. The molecule has 112 valence electrons. The molecule has 1 heterocycles. The van der Waals surface area contributed by atoms with Crippen LogP contribution in [-0.4, -0.2) is 24.0 Å². The fraction of sp³-hybridized carbons (Fsp3) is 0.600. The molecule has 1 aromatic carbocycles.